The highest BCUT2D eigenvalue weighted by Gasteiger charge is 2.40. The average Bonchev–Trinajstić information content (AvgIpc) is 3.24. The van der Waals surface area contributed by atoms with Crippen LogP contribution >= 0.6 is 0 Å². The van der Waals surface area contributed by atoms with Crippen LogP contribution in [0.3, 0.4) is 0 Å². The van der Waals surface area contributed by atoms with E-state index in [0.29, 0.717) is 0 Å². The number of rotatable bonds is 6. The number of nitrogens with one attached hydrogen (secondary N) is 1. The van der Waals surface area contributed by atoms with E-state index in [2.05, 4.69) is 10.2 Å². The Labute approximate surface area is 198 Å². The number of morpholine rings is 1. The van der Waals surface area contributed by atoms with E-state index in [0.717, 1.165) is 48.9 Å². The first-order valence-electron chi connectivity index (χ1n) is 13.0. The molecule has 0 spiro atoms. The number of ether oxygens (including phenoxy) is 2. The zero-order valence-corrected chi connectivity index (χ0v) is 18.1. The zero-order valence-electron chi connectivity index (χ0n) is 22.1. The first kappa shape index (κ1) is 17.3. The monoisotopic (exact) mass is 453 g/mol. The smallest absolute Gasteiger partial charge is 0.255 e. The minimum atomic E-state index is -2.03. The highest BCUT2D eigenvalue weighted by molar-refractivity contribution is 6.05. The molecule has 0 saturated carbocycles. The molecule has 0 bridgehead atoms. The van der Waals surface area contributed by atoms with Gasteiger partial charge in [0.25, 0.3) is 5.91 Å². The van der Waals surface area contributed by atoms with E-state index < -0.39 is 35.8 Å². The minimum Gasteiger partial charge on any atom is -0.489 e. The maximum Gasteiger partial charge on any atom is 0.255 e. The Morgan fingerprint density at radius 2 is 1.88 bits per heavy atom. The van der Waals surface area contributed by atoms with E-state index in [1.54, 1.807) is 0 Å². The molecule has 3 amide bonds. The molecule has 5 rings (SSSR count). The van der Waals surface area contributed by atoms with Gasteiger partial charge in [0.15, 0.2) is 0 Å². The molecule has 3 aliphatic rings. The lowest BCUT2D eigenvalue weighted by atomic mass is 10.0. The Hall–Kier alpha value is -3.23. The first-order chi connectivity index (χ1) is 17.7. The molecule has 8 nitrogen and oxygen atoms in total. The van der Waals surface area contributed by atoms with Gasteiger partial charge < -0.3 is 14.4 Å². The topological polar surface area (TPSA) is 88.2 Å². The summed E-state index contributed by atoms with van der Waals surface area (Å²) < 4.78 is 44.8. The summed E-state index contributed by atoms with van der Waals surface area (Å²) in [6, 6.07) is 4.57. The second-order valence-electron chi connectivity index (χ2n) is 8.27. The average molecular weight is 454 g/mol. The van der Waals surface area contributed by atoms with Gasteiger partial charge in [0.2, 0.25) is 11.8 Å². The number of benzene rings is 2. The van der Waals surface area contributed by atoms with Gasteiger partial charge in [-0.15, -0.1) is 0 Å². The Kier molecular flexibility index (Phi) is 4.88. The lowest BCUT2D eigenvalue weighted by molar-refractivity contribution is -0.136. The molecule has 1 unspecified atom stereocenters. The minimum absolute atomic E-state index is 0.0138. The van der Waals surface area contributed by atoms with Crippen LogP contribution in [0.4, 0.5) is 0 Å². The number of nitrogens with zero attached hydrogens (tertiary/aromatic N) is 2. The van der Waals surface area contributed by atoms with Crippen molar-refractivity contribution in [2.45, 2.75) is 38.6 Å². The molecule has 1 atom stereocenters. The number of piperidine rings is 1. The van der Waals surface area contributed by atoms with Crippen LogP contribution in [0.1, 0.15) is 45.4 Å². The zero-order chi connectivity index (χ0) is 26.3. The summed E-state index contributed by atoms with van der Waals surface area (Å²) in [6.45, 7) is 3.88. The normalized spacial score (nSPS) is 25.1. The SMILES string of the molecule is [2H]c1c([2H])c(OCc2ccc(CN3CCOCC3)cc2)c2c(c1[2H])C(=O)N(C1([2H])CCC(=O)NC1=O)C2. The van der Waals surface area contributed by atoms with E-state index in [4.69, 9.17) is 15.0 Å². The van der Waals surface area contributed by atoms with Crippen LogP contribution in [0.2, 0.25) is 0 Å². The standard InChI is InChI=1S/C25H27N3O5/c29-23-9-8-21(24(30)26-23)28-15-20-19(25(28)31)2-1-3-22(20)33-16-18-6-4-17(5-7-18)14-27-10-12-32-13-11-27/h1-7,21H,8-16H2,(H,26,29,30)/i1D,2D,3D,21D. The molecule has 0 aromatic heterocycles. The summed E-state index contributed by atoms with van der Waals surface area (Å²) in [5, 5.41) is 2.10. The van der Waals surface area contributed by atoms with Crippen molar-refractivity contribution in [1.82, 2.24) is 15.1 Å². The molecule has 172 valence electrons. The lowest BCUT2D eigenvalue weighted by Crippen LogP contribution is -2.52. The number of amides is 3. The Morgan fingerprint density at radius 3 is 2.64 bits per heavy atom. The van der Waals surface area contributed by atoms with Crippen molar-refractivity contribution in [1.29, 1.82) is 0 Å². The van der Waals surface area contributed by atoms with Crippen LogP contribution in [0.25, 0.3) is 0 Å². The second kappa shape index (κ2) is 9.33. The maximum absolute atomic E-state index is 13.2. The molecule has 3 aliphatic heterocycles. The maximum atomic E-state index is 13.2. The van der Waals surface area contributed by atoms with Gasteiger partial charge in [-0.2, -0.15) is 0 Å². The van der Waals surface area contributed by atoms with Crippen LogP contribution < -0.4 is 10.1 Å². The third-order valence-electron chi connectivity index (χ3n) is 6.06. The lowest BCUT2D eigenvalue weighted by Gasteiger charge is -2.29. The summed E-state index contributed by atoms with van der Waals surface area (Å²) in [5.41, 5.74) is 2.03. The Balaban J connectivity index is 1.36. The van der Waals surface area contributed by atoms with Crippen LogP contribution in [0.15, 0.2) is 42.4 Å². The molecule has 2 aromatic carbocycles. The fourth-order valence-corrected chi connectivity index (χ4v) is 4.23. The summed E-state index contributed by atoms with van der Waals surface area (Å²) in [5.74, 6) is -2.20. The number of hydrogen-bond acceptors (Lipinski definition) is 6. The van der Waals surface area contributed by atoms with Crippen molar-refractivity contribution < 1.29 is 29.3 Å². The van der Waals surface area contributed by atoms with E-state index in [-0.39, 0.29) is 48.9 Å². The van der Waals surface area contributed by atoms with Gasteiger partial charge in [-0.1, -0.05) is 30.3 Å². The molecule has 3 heterocycles. The fraction of sp³-hybridized carbons (Fsp3) is 0.400. The van der Waals surface area contributed by atoms with Gasteiger partial charge in [0, 0.05) is 37.2 Å². The predicted molar refractivity (Wildman–Crippen MR) is 119 cm³/mol. The van der Waals surface area contributed by atoms with Gasteiger partial charge in [0.05, 0.1) is 25.2 Å². The highest BCUT2D eigenvalue weighted by Crippen LogP contribution is 2.34. The predicted octanol–water partition coefficient (Wildman–Crippen LogP) is 1.86. The van der Waals surface area contributed by atoms with Crippen molar-refractivity contribution in [3.63, 3.8) is 0 Å². The summed E-state index contributed by atoms with van der Waals surface area (Å²) in [6.07, 6.45) is -0.277. The van der Waals surface area contributed by atoms with Gasteiger partial charge in [-0.25, -0.2) is 0 Å². The summed E-state index contributed by atoms with van der Waals surface area (Å²) >= 11 is 0. The molecular formula is C25H27N3O5. The van der Waals surface area contributed by atoms with Crippen molar-refractivity contribution in [2.75, 3.05) is 26.3 Å². The highest BCUT2D eigenvalue weighted by atomic mass is 16.5. The molecule has 1 N–H and O–H groups in total. The van der Waals surface area contributed by atoms with Crippen molar-refractivity contribution in [3.8, 4) is 5.75 Å². The van der Waals surface area contributed by atoms with Gasteiger partial charge in [-0.05, 0) is 29.6 Å². The quantitative estimate of drug-likeness (QED) is 0.672. The number of fused-ring (bicyclic) bond motifs is 1. The molecule has 8 heteroatoms. The molecular weight excluding hydrogens is 422 g/mol. The largest absolute Gasteiger partial charge is 0.489 e. The van der Waals surface area contributed by atoms with Crippen LogP contribution in [0, 0.1) is 0 Å². The van der Waals surface area contributed by atoms with E-state index in [9.17, 15) is 14.4 Å². The van der Waals surface area contributed by atoms with Gasteiger partial charge in [-0.3, -0.25) is 24.6 Å². The number of carbonyl (C=O) groups excluding carboxylic acids is 3. The Bertz CT molecular complexity index is 1270. The van der Waals surface area contributed by atoms with Crippen LogP contribution in [0.5, 0.6) is 5.75 Å². The third kappa shape index (κ3) is 4.62. The first-order valence-corrected chi connectivity index (χ1v) is 11.0. The number of imide groups is 1. The van der Waals surface area contributed by atoms with Gasteiger partial charge >= 0.3 is 0 Å². The van der Waals surface area contributed by atoms with E-state index >= 15 is 0 Å². The second-order valence-corrected chi connectivity index (χ2v) is 8.27. The summed E-state index contributed by atoms with van der Waals surface area (Å²) in [7, 11) is 0. The van der Waals surface area contributed by atoms with E-state index in [1.807, 2.05) is 24.3 Å². The van der Waals surface area contributed by atoms with Crippen molar-refractivity contribution in [3.05, 3.63) is 64.6 Å². The summed E-state index contributed by atoms with van der Waals surface area (Å²) in [4.78, 5) is 40.6. The molecule has 0 aliphatic carbocycles. The Morgan fingerprint density at radius 1 is 1.12 bits per heavy atom. The van der Waals surface area contributed by atoms with Crippen LogP contribution in [-0.4, -0.2) is 59.8 Å². The van der Waals surface area contributed by atoms with Crippen LogP contribution in [-0.2, 0) is 34.0 Å². The number of carbonyl (C=O) groups is 3. The molecule has 2 aromatic rings. The van der Waals surface area contributed by atoms with Gasteiger partial charge in [0.1, 0.15) is 18.4 Å². The van der Waals surface area contributed by atoms with Crippen molar-refractivity contribution >= 4 is 17.7 Å². The van der Waals surface area contributed by atoms with E-state index in [1.165, 1.54) is 0 Å². The molecule has 2 fully saturated rings. The fourth-order valence-electron chi connectivity index (χ4n) is 4.23. The molecule has 0 radical (unpaired) electrons. The molecule has 33 heavy (non-hydrogen) atoms. The molecule has 2 saturated heterocycles. The third-order valence-corrected chi connectivity index (χ3v) is 6.06. The van der Waals surface area contributed by atoms with Crippen molar-refractivity contribution in [2.24, 2.45) is 0 Å². The number of hydrogen-bond donors (Lipinski definition) is 1.